The number of nitrogens with zero attached hydrogens (tertiary/aromatic N) is 6. The molecule has 3 amide bonds. The highest BCUT2D eigenvalue weighted by atomic mass is 16.5. The fourth-order valence-electron chi connectivity index (χ4n) is 10.8. The van der Waals surface area contributed by atoms with E-state index in [1.807, 2.05) is 18.2 Å². The van der Waals surface area contributed by atoms with Gasteiger partial charge in [0.05, 0.1) is 79.0 Å². The Morgan fingerprint density at radius 2 is 0.596 bits per heavy atom. The Bertz CT molecular complexity index is 3670. The number of hydrogen-bond donors (Lipinski definition) is 3. The minimum absolute atomic E-state index is 0.0425. The molecule has 1 aliphatic heterocycles. The van der Waals surface area contributed by atoms with Gasteiger partial charge in [-0.3, -0.25) is 43.5 Å². The second kappa shape index (κ2) is 38.0. The first kappa shape index (κ1) is 75.3. The predicted molar refractivity (Wildman–Crippen MR) is 367 cm³/mol. The SMILES string of the molecule is CC[C@H]1CN(Cc2cc(C#Cc3ccc(NC(=O)CCC(=O)OC)cc3)cc(C(=O)OC)n2)[C@@H](CC)CN(Cc2cc(C#Cc3ccc(NC(=O)CCC(=O)OC)cc3)cc(C(=O)OC)n2)[C@@H](CC)CN1Cc1cc(C#Cc2ccc(NC(=O)CCC(=O)OC)cc2)cc(C(=O)OC)n1. The maximum Gasteiger partial charge on any atom is 0.356 e. The highest BCUT2D eigenvalue weighted by Gasteiger charge is 2.34. The number of aromatic nitrogens is 3. The number of anilines is 3. The zero-order valence-corrected chi connectivity index (χ0v) is 57.0. The van der Waals surface area contributed by atoms with Crippen LogP contribution in [0.2, 0.25) is 0 Å². The first-order valence-corrected chi connectivity index (χ1v) is 32.2. The number of rotatable bonds is 24. The third-order valence-electron chi connectivity index (χ3n) is 16.1. The number of benzene rings is 3. The van der Waals surface area contributed by atoms with Crippen molar-refractivity contribution < 1.29 is 71.6 Å². The maximum atomic E-state index is 13.4. The summed E-state index contributed by atoms with van der Waals surface area (Å²) in [6, 6.07) is 30.4. The van der Waals surface area contributed by atoms with Gasteiger partial charge in [-0.2, -0.15) is 0 Å². The molecule has 3 aromatic heterocycles. The Morgan fingerprint density at radius 3 is 0.818 bits per heavy atom. The van der Waals surface area contributed by atoms with Crippen molar-refractivity contribution in [3.63, 3.8) is 0 Å². The van der Waals surface area contributed by atoms with Gasteiger partial charge in [-0.1, -0.05) is 56.3 Å². The highest BCUT2D eigenvalue weighted by Crippen LogP contribution is 2.26. The lowest BCUT2D eigenvalue weighted by Crippen LogP contribution is -2.47. The van der Waals surface area contributed by atoms with Crippen LogP contribution >= 0.6 is 0 Å². The number of methoxy groups -OCH3 is 6. The molecular formula is C75H81N9O15. The van der Waals surface area contributed by atoms with Gasteiger partial charge in [0.15, 0.2) is 0 Å². The fraction of sp³-hybridized carbons (Fsp3) is 0.360. The molecule has 7 rings (SSSR count). The van der Waals surface area contributed by atoms with Crippen LogP contribution in [0.5, 0.6) is 0 Å². The van der Waals surface area contributed by atoms with Gasteiger partial charge >= 0.3 is 35.8 Å². The molecule has 3 atom stereocenters. The van der Waals surface area contributed by atoms with E-state index in [9.17, 15) is 43.2 Å². The molecule has 516 valence electrons. The Hall–Kier alpha value is -11.1. The molecule has 4 heterocycles. The summed E-state index contributed by atoms with van der Waals surface area (Å²) in [5, 5.41) is 8.32. The average Bonchev–Trinajstić information content (AvgIpc) is 1.28. The molecule has 0 unspecified atom stereocenters. The first-order valence-electron chi connectivity index (χ1n) is 32.2. The third-order valence-corrected chi connectivity index (χ3v) is 16.1. The first-order chi connectivity index (χ1) is 47.7. The lowest BCUT2D eigenvalue weighted by Gasteiger charge is -2.37. The molecule has 1 aliphatic rings. The normalized spacial score (nSPS) is 14.6. The molecule has 0 saturated carbocycles. The van der Waals surface area contributed by atoms with E-state index in [0.29, 0.717) is 106 Å². The third kappa shape index (κ3) is 23.6. The second-order valence-corrected chi connectivity index (χ2v) is 23.0. The summed E-state index contributed by atoms with van der Waals surface area (Å²) >= 11 is 0. The van der Waals surface area contributed by atoms with E-state index in [-0.39, 0.29) is 111 Å². The van der Waals surface area contributed by atoms with Crippen LogP contribution in [0.1, 0.15) is 160 Å². The molecule has 1 fully saturated rings. The molecule has 3 aromatic carbocycles. The van der Waals surface area contributed by atoms with Crippen LogP contribution < -0.4 is 16.0 Å². The summed E-state index contributed by atoms with van der Waals surface area (Å²) in [7, 11) is 7.64. The van der Waals surface area contributed by atoms with E-state index in [1.54, 1.807) is 91.0 Å². The van der Waals surface area contributed by atoms with Gasteiger partial charge in [0, 0.05) is 127 Å². The zero-order valence-electron chi connectivity index (χ0n) is 57.0. The summed E-state index contributed by atoms with van der Waals surface area (Å²) < 4.78 is 29.6. The minimum atomic E-state index is -0.656. The van der Waals surface area contributed by atoms with Crippen LogP contribution in [-0.4, -0.2) is 164 Å². The molecule has 99 heavy (non-hydrogen) atoms. The summed E-state index contributed by atoms with van der Waals surface area (Å²) in [5.74, 6) is 14.7. The molecule has 0 aliphatic carbocycles. The Balaban J connectivity index is 1.26. The van der Waals surface area contributed by atoms with Crippen LogP contribution in [-0.2, 0) is 76.8 Å². The molecule has 6 aromatic rings. The van der Waals surface area contributed by atoms with Crippen LogP contribution in [0, 0.1) is 35.5 Å². The molecule has 0 radical (unpaired) electrons. The van der Waals surface area contributed by atoms with Crippen LogP contribution in [0.4, 0.5) is 17.1 Å². The number of hydrogen-bond acceptors (Lipinski definition) is 21. The standard InChI is InChI=1S/C75H81N9O15/c1-10-61-46-83(44-59-38-53(41-65(77-59)74(92)98-8)17-14-50-21-27-56(28-22-50)80-68(86)32-35-71(89)95-5)63(12-3)48-84(45-60-39-54(42-66(78-60)75(93)99-9)18-15-51-23-29-57(30-24-51)81-69(87)33-36-72(90)96-6)62(11-2)47-82(61)43-58-37-52(40-64(76-58)73(91)97-7)16-13-49-19-25-55(26-20-49)79-67(85)31-34-70(88)94-4/h19-30,37-42,61-63H,10-12,31-36,43-48H2,1-9H3,(H,79,85)(H,80,86)(H,81,87)/t61-,62-,63-/m0/s1. The number of esters is 6. The van der Waals surface area contributed by atoms with Crippen molar-refractivity contribution in [1.82, 2.24) is 29.7 Å². The number of amides is 3. The summed E-state index contributed by atoms with van der Waals surface area (Å²) in [6.07, 6.45) is 1.69. The average molecular weight is 1350 g/mol. The van der Waals surface area contributed by atoms with E-state index < -0.39 is 35.8 Å². The molecule has 24 nitrogen and oxygen atoms in total. The number of nitrogens with one attached hydrogen (secondary N) is 3. The Labute approximate surface area is 576 Å². The van der Waals surface area contributed by atoms with Gasteiger partial charge in [-0.25, -0.2) is 29.3 Å². The number of pyridine rings is 3. The van der Waals surface area contributed by atoms with E-state index in [1.165, 1.54) is 42.7 Å². The van der Waals surface area contributed by atoms with E-state index in [4.69, 9.17) is 29.2 Å². The second-order valence-electron chi connectivity index (χ2n) is 23.0. The molecule has 24 heteroatoms. The summed E-state index contributed by atoms with van der Waals surface area (Å²) in [4.78, 5) is 134. The monoisotopic (exact) mass is 1350 g/mol. The van der Waals surface area contributed by atoms with Gasteiger partial charge in [-0.05, 0) is 128 Å². The number of ether oxygens (including phenoxy) is 6. The van der Waals surface area contributed by atoms with Crippen molar-refractivity contribution in [2.24, 2.45) is 0 Å². The topological polar surface area (TPSA) is 293 Å². The van der Waals surface area contributed by atoms with Gasteiger partial charge in [0.2, 0.25) is 17.7 Å². The van der Waals surface area contributed by atoms with Crippen LogP contribution in [0.25, 0.3) is 0 Å². The van der Waals surface area contributed by atoms with Gasteiger partial charge < -0.3 is 44.4 Å². The molecule has 1 saturated heterocycles. The lowest BCUT2D eigenvalue weighted by atomic mass is 10.1. The van der Waals surface area contributed by atoms with Gasteiger partial charge in [-0.15, -0.1) is 0 Å². The molecule has 3 N–H and O–H groups in total. The minimum Gasteiger partial charge on any atom is -0.469 e. The van der Waals surface area contributed by atoms with Crippen molar-refractivity contribution >= 4 is 70.6 Å². The predicted octanol–water partition coefficient (Wildman–Crippen LogP) is 8.26. The largest absolute Gasteiger partial charge is 0.469 e. The van der Waals surface area contributed by atoms with Crippen molar-refractivity contribution in [3.8, 4) is 35.5 Å². The Kier molecular flexibility index (Phi) is 28.9. The van der Waals surface area contributed by atoms with Crippen LogP contribution in [0.3, 0.4) is 0 Å². The lowest BCUT2D eigenvalue weighted by molar-refractivity contribution is -0.142. The highest BCUT2D eigenvalue weighted by molar-refractivity contribution is 5.94. The maximum absolute atomic E-state index is 13.4. The van der Waals surface area contributed by atoms with Crippen LogP contribution in [0.15, 0.2) is 109 Å². The smallest absolute Gasteiger partial charge is 0.356 e. The molecule has 0 bridgehead atoms. The number of carbonyl (C=O) groups excluding carboxylic acids is 9. The van der Waals surface area contributed by atoms with E-state index in [0.717, 1.165) is 0 Å². The van der Waals surface area contributed by atoms with Crippen molar-refractivity contribution in [1.29, 1.82) is 0 Å². The van der Waals surface area contributed by atoms with Crippen molar-refractivity contribution in [3.05, 3.63) is 177 Å². The fourth-order valence-corrected chi connectivity index (χ4v) is 10.8. The quantitative estimate of drug-likeness (QED) is 0.0292. The van der Waals surface area contributed by atoms with E-state index >= 15 is 0 Å². The van der Waals surface area contributed by atoms with Crippen molar-refractivity contribution in [2.45, 2.75) is 116 Å². The number of carbonyl (C=O) groups is 9. The zero-order chi connectivity index (χ0) is 71.4. The van der Waals surface area contributed by atoms with Crippen molar-refractivity contribution in [2.75, 3.05) is 78.2 Å². The molecule has 0 spiro atoms. The van der Waals surface area contributed by atoms with E-state index in [2.05, 4.69) is 101 Å². The van der Waals surface area contributed by atoms with Gasteiger partial charge in [0.25, 0.3) is 0 Å². The summed E-state index contributed by atoms with van der Waals surface area (Å²) in [5.41, 5.74) is 6.67. The Morgan fingerprint density at radius 1 is 0.354 bits per heavy atom. The summed E-state index contributed by atoms with van der Waals surface area (Å²) in [6.45, 7) is 8.62. The molecular weight excluding hydrogens is 1270 g/mol. The van der Waals surface area contributed by atoms with Gasteiger partial charge in [0.1, 0.15) is 17.1 Å².